The van der Waals surface area contributed by atoms with E-state index in [0.717, 1.165) is 13.0 Å². The third-order valence-electron chi connectivity index (χ3n) is 4.78. The van der Waals surface area contributed by atoms with Gasteiger partial charge in [-0.3, -0.25) is 4.79 Å². The number of carbonyl (C=O) groups excluding carboxylic acids is 3. The Bertz CT molecular complexity index is 1230. The zero-order chi connectivity index (χ0) is 37.2. The van der Waals surface area contributed by atoms with Gasteiger partial charge in [0.1, 0.15) is 34.5 Å². The van der Waals surface area contributed by atoms with Crippen molar-refractivity contribution in [3.8, 4) is 0 Å². The molecule has 0 aliphatic heterocycles. The van der Waals surface area contributed by atoms with E-state index in [9.17, 15) is 14.4 Å². The summed E-state index contributed by atoms with van der Waals surface area (Å²) in [5, 5.41) is 0.908. The molecule has 268 valence electrons. The van der Waals surface area contributed by atoms with Crippen LogP contribution in [0.1, 0.15) is 88.6 Å². The molecule has 2 aromatic rings. The molecular weight excluding hydrogens is 877 g/mol. The van der Waals surface area contributed by atoms with Crippen LogP contribution in [0.25, 0.3) is 0 Å². The fourth-order valence-electron chi connectivity index (χ4n) is 2.81. The summed E-state index contributed by atoms with van der Waals surface area (Å²) < 4.78 is 20.5. The quantitative estimate of drug-likeness (QED) is 0.101. The van der Waals surface area contributed by atoms with Crippen LogP contribution in [0.3, 0.4) is 0 Å². The molecule has 2 aromatic heterocycles. The van der Waals surface area contributed by atoms with Crippen molar-refractivity contribution in [3.63, 3.8) is 0 Å². The third-order valence-corrected chi connectivity index (χ3v) is 7.00. The van der Waals surface area contributed by atoms with Crippen molar-refractivity contribution >= 4 is 92.4 Å². The van der Waals surface area contributed by atoms with Gasteiger partial charge in [0.05, 0.1) is 12.1 Å². The van der Waals surface area contributed by atoms with Gasteiger partial charge in [-0.15, -0.1) is 0 Å². The van der Waals surface area contributed by atoms with Crippen LogP contribution in [-0.2, 0) is 30.2 Å². The number of esters is 1. The van der Waals surface area contributed by atoms with Crippen LogP contribution in [0.15, 0.2) is 24.3 Å². The summed E-state index contributed by atoms with van der Waals surface area (Å²) >= 11 is 15.4. The minimum absolute atomic E-state index is 0.222. The molecular formula is C32H50Cl2I2N4O7. The predicted octanol–water partition coefficient (Wildman–Crippen LogP) is 9.37. The van der Waals surface area contributed by atoms with E-state index in [4.69, 9.17) is 43.1 Å². The van der Waals surface area contributed by atoms with E-state index in [0.29, 0.717) is 16.0 Å². The van der Waals surface area contributed by atoms with Gasteiger partial charge < -0.3 is 29.6 Å². The molecule has 0 saturated carbocycles. The molecule has 0 bridgehead atoms. The largest absolute Gasteiger partial charge is 0.519 e. The van der Waals surface area contributed by atoms with Gasteiger partial charge in [0, 0.05) is 0 Å². The Labute approximate surface area is 317 Å². The molecule has 0 unspecified atom stereocenters. The van der Waals surface area contributed by atoms with E-state index in [-0.39, 0.29) is 12.4 Å². The van der Waals surface area contributed by atoms with Gasteiger partial charge in [0.15, 0.2) is 0 Å². The highest BCUT2D eigenvalue weighted by Crippen LogP contribution is 2.17. The van der Waals surface area contributed by atoms with Crippen LogP contribution in [0.4, 0.5) is 15.3 Å². The van der Waals surface area contributed by atoms with Gasteiger partial charge in [0.2, 0.25) is 0 Å². The highest BCUT2D eigenvalue weighted by Gasteiger charge is 2.24. The second kappa shape index (κ2) is 22.9. The molecule has 11 nitrogen and oxygen atoms in total. The van der Waals surface area contributed by atoms with Crippen molar-refractivity contribution in [2.75, 3.05) is 25.4 Å². The Hall–Kier alpha value is -1.69. The average molecular weight is 927 g/mol. The Morgan fingerprint density at radius 2 is 1.09 bits per heavy atom. The molecule has 15 heteroatoms. The average Bonchev–Trinajstić information content (AvgIpc) is 2.87. The number of rotatable bonds is 5. The van der Waals surface area contributed by atoms with Crippen LogP contribution >= 0.6 is 68.4 Å². The number of nitrogens with zero attached hydrogens (tertiary/aromatic N) is 3. The molecule has 2 N–H and O–H groups in total. The molecule has 2 heterocycles. The zero-order valence-corrected chi connectivity index (χ0v) is 35.3. The SMILES string of the molecule is CC(C)(C)OC(=O)Cc1ccc(Cl)nc1I.CC(C)(C)OC(=O)OC(=O)OC(C)(C)C.CCN(CC)CC.Nc1ccc(Cl)nc1I. The van der Waals surface area contributed by atoms with Crippen molar-refractivity contribution in [1.29, 1.82) is 0 Å². The Morgan fingerprint density at radius 3 is 1.38 bits per heavy atom. The van der Waals surface area contributed by atoms with Gasteiger partial charge in [-0.2, -0.15) is 0 Å². The minimum atomic E-state index is -1.06. The third kappa shape index (κ3) is 27.9. The monoisotopic (exact) mass is 926 g/mol. The van der Waals surface area contributed by atoms with Gasteiger partial charge in [-0.25, -0.2) is 19.6 Å². The van der Waals surface area contributed by atoms with Crippen molar-refractivity contribution < 1.29 is 33.3 Å². The molecule has 47 heavy (non-hydrogen) atoms. The van der Waals surface area contributed by atoms with E-state index < -0.39 is 29.1 Å². The lowest BCUT2D eigenvalue weighted by Gasteiger charge is -2.20. The number of halogens is 4. The summed E-state index contributed by atoms with van der Waals surface area (Å²) in [5.41, 5.74) is 5.11. The standard InChI is InChI=1S/C11H13ClINO2.C10H18O5.C6H15N.C5H4ClIN2/c1-11(2,3)16-9(15)6-7-4-5-8(12)14-10(7)13;1-9(2,3)14-7(11)13-8(12)15-10(4,5)6;1-4-7(5-2)6-3;6-4-2-1-3(8)5(7)9-4/h4-5H,6H2,1-3H3;1-6H3;4-6H2,1-3H3;1-2H,8H2. The lowest BCUT2D eigenvalue weighted by atomic mass is 10.2. The molecule has 2 rings (SSSR count). The van der Waals surface area contributed by atoms with E-state index in [1.165, 1.54) is 19.6 Å². The normalized spacial score (nSPS) is 11.0. The van der Waals surface area contributed by atoms with Crippen molar-refractivity contribution in [3.05, 3.63) is 47.5 Å². The summed E-state index contributed by atoms with van der Waals surface area (Å²) in [6.45, 7) is 25.7. The summed E-state index contributed by atoms with van der Waals surface area (Å²) in [6, 6.07) is 6.86. The second-order valence-electron chi connectivity index (χ2n) is 12.5. The first-order valence-electron chi connectivity index (χ1n) is 14.8. The topological polar surface area (TPSA) is 143 Å². The molecule has 0 atom stereocenters. The van der Waals surface area contributed by atoms with Crippen molar-refractivity contribution in [2.24, 2.45) is 0 Å². The first kappa shape index (κ1) is 47.4. The molecule has 0 aromatic carbocycles. The smallest absolute Gasteiger partial charge is 0.460 e. The lowest BCUT2D eigenvalue weighted by Crippen LogP contribution is -2.29. The molecule has 0 spiro atoms. The predicted molar refractivity (Wildman–Crippen MR) is 205 cm³/mol. The number of nitrogens with two attached hydrogens (primary N) is 1. The number of aromatic nitrogens is 2. The molecule has 0 fully saturated rings. The maximum absolute atomic E-state index is 11.6. The summed E-state index contributed by atoms with van der Waals surface area (Å²) in [5.74, 6) is -0.255. The zero-order valence-electron chi connectivity index (χ0n) is 29.4. The van der Waals surface area contributed by atoms with E-state index in [1.807, 2.05) is 43.4 Å². The fraction of sp³-hybridized carbons (Fsp3) is 0.594. The Kier molecular flexibility index (Phi) is 23.1. The number of hydrogen-bond donors (Lipinski definition) is 1. The summed E-state index contributed by atoms with van der Waals surface area (Å²) in [7, 11) is 0. The molecule has 0 saturated heterocycles. The van der Waals surface area contributed by atoms with E-state index in [1.54, 1.807) is 65.8 Å². The number of pyridine rings is 2. The van der Waals surface area contributed by atoms with E-state index in [2.05, 4.69) is 63.0 Å². The minimum Gasteiger partial charge on any atom is -0.460 e. The maximum atomic E-state index is 11.6. The van der Waals surface area contributed by atoms with E-state index >= 15 is 0 Å². The molecule has 0 amide bonds. The summed E-state index contributed by atoms with van der Waals surface area (Å²) in [4.78, 5) is 43.9. The number of anilines is 1. The highest BCUT2D eigenvalue weighted by molar-refractivity contribution is 14.1. The first-order chi connectivity index (χ1) is 21.3. The van der Waals surface area contributed by atoms with Crippen LogP contribution < -0.4 is 5.73 Å². The first-order valence-corrected chi connectivity index (χ1v) is 17.7. The molecule has 0 aliphatic carbocycles. The Balaban J connectivity index is 0. The van der Waals surface area contributed by atoms with Gasteiger partial charge in [-0.1, -0.05) is 50.0 Å². The van der Waals surface area contributed by atoms with Crippen molar-refractivity contribution in [2.45, 2.75) is 106 Å². The van der Waals surface area contributed by atoms with Gasteiger partial charge in [0.25, 0.3) is 0 Å². The Morgan fingerprint density at radius 1 is 0.702 bits per heavy atom. The summed E-state index contributed by atoms with van der Waals surface area (Å²) in [6.07, 6.45) is -1.90. The van der Waals surface area contributed by atoms with Crippen LogP contribution in [0.2, 0.25) is 10.3 Å². The maximum Gasteiger partial charge on any atom is 0.519 e. The number of ether oxygens (including phenoxy) is 4. The van der Waals surface area contributed by atoms with Crippen molar-refractivity contribution in [1.82, 2.24) is 14.9 Å². The number of carbonyl (C=O) groups is 3. The van der Waals surface area contributed by atoms with Gasteiger partial charge in [-0.05, 0) is 151 Å². The van der Waals surface area contributed by atoms with Crippen LogP contribution in [0, 0.1) is 7.40 Å². The molecule has 0 radical (unpaired) electrons. The highest BCUT2D eigenvalue weighted by atomic mass is 127. The number of nitrogen functional groups attached to an aromatic ring is 1. The lowest BCUT2D eigenvalue weighted by molar-refractivity contribution is -0.153. The second-order valence-corrected chi connectivity index (χ2v) is 15.3. The van der Waals surface area contributed by atoms with Gasteiger partial charge >= 0.3 is 18.3 Å². The van der Waals surface area contributed by atoms with Crippen LogP contribution in [0.5, 0.6) is 0 Å². The fourth-order valence-corrected chi connectivity index (χ4v) is 4.46. The number of hydrogen-bond acceptors (Lipinski definition) is 11. The molecule has 0 aliphatic rings. The van der Waals surface area contributed by atoms with Crippen LogP contribution in [-0.4, -0.2) is 69.6 Å².